The molecule has 0 amide bonds. The molecule has 0 N–H and O–H groups in total. The number of aliphatic carboxylic acids is 3. The van der Waals surface area contributed by atoms with Gasteiger partial charge < -0.3 is 29.7 Å². The minimum Gasteiger partial charge on any atom is -0.545 e. The Bertz CT molecular complexity index is 1830. The van der Waals surface area contributed by atoms with Crippen LogP contribution in [0.3, 0.4) is 0 Å². The Labute approximate surface area is 322 Å². The molecule has 0 spiro atoms. The Kier molecular flexibility index (Phi) is 16.9. The third-order valence-corrected chi connectivity index (χ3v) is 7.29. The standard InChI is InChI=1S/3C15H12O2.Bi/c3*16-15(17)11-8-12-6-9-14(10-7-12)13-4-2-1-3-5-13;/h3*1-11H,(H,16,17);/q;;;+3/p-3/b3*11-8+;. The van der Waals surface area contributed by atoms with Crippen molar-refractivity contribution in [2.75, 3.05) is 0 Å². The second-order valence-electron chi connectivity index (χ2n) is 10.9. The number of rotatable bonds is 9. The number of benzene rings is 6. The fourth-order valence-corrected chi connectivity index (χ4v) is 4.74. The Balaban J connectivity index is 0.000000208. The smallest absolute Gasteiger partial charge is 0.545 e. The number of hydrogen-bond donors (Lipinski definition) is 0. The van der Waals surface area contributed by atoms with Gasteiger partial charge >= 0.3 is 26.2 Å². The average molecular weight is 879 g/mol. The first kappa shape index (κ1) is 40.3. The van der Waals surface area contributed by atoms with E-state index < -0.39 is 17.9 Å². The van der Waals surface area contributed by atoms with E-state index >= 15 is 0 Å². The molecule has 0 aliphatic rings. The van der Waals surface area contributed by atoms with Gasteiger partial charge in [-0.25, -0.2) is 0 Å². The molecule has 0 saturated carbocycles. The maximum Gasteiger partial charge on any atom is 3.00 e. The summed E-state index contributed by atoms with van der Waals surface area (Å²) < 4.78 is 0. The van der Waals surface area contributed by atoms with Crippen molar-refractivity contribution in [3.63, 3.8) is 0 Å². The number of hydrogen-bond acceptors (Lipinski definition) is 6. The molecule has 0 unspecified atom stereocenters. The van der Waals surface area contributed by atoms with E-state index in [4.69, 9.17) is 0 Å². The van der Waals surface area contributed by atoms with Gasteiger partial charge in [-0.05, 0) is 68.3 Å². The van der Waals surface area contributed by atoms with E-state index in [2.05, 4.69) is 0 Å². The van der Waals surface area contributed by atoms with Gasteiger partial charge in [-0.3, -0.25) is 0 Å². The third-order valence-electron chi connectivity index (χ3n) is 7.29. The zero-order chi connectivity index (χ0) is 36.3. The molecule has 0 saturated heterocycles. The van der Waals surface area contributed by atoms with Crippen molar-refractivity contribution in [2.24, 2.45) is 0 Å². The molecule has 6 nitrogen and oxygen atoms in total. The van der Waals surface area contributed by atoms with Gasteiger partial charge in [0.25, 0.3) is 0 Å². The first-order valence-corrected chi connectivity index (χ1v) is 15.9. The molecule has 6 rings (SSSR count). The van der Waals surface area contributed by atoms with Gasteiger partial charge in [0.15, 0.2) is 0 Å². The van der Waals surface area contributed by atoms with Crippen molar-refractivity contribution >= 4 is 62.3 Å². The Morgan fingerprint density at radius 1 is 0.308 bits per heavy atom. The summed E-state index contributed by atoms with van der Waals surface area (Å²) in [5, 5.41) is 30.8. The molecule has 7 heteroatoms. The van der Waals surface area contributed by atoms with Crippen LogP contribution in [0.4, 0.5) is 0 Å². The van der Waals surface area contributed by atoms with Crippen LogP contribution < -0.4 is 15.3 Å². The van der Waals surface area contributed by atoms with Crippen LogP contribution in [0.15, 0.2) is 182 Å². The van der Waals surface area contributed by atoms with Gasteiger partial charge in [0, 0.05) is 0 Å². The summed E-state index contributed by atoms with van der Waals surface area (Å²) in [5.74, 6) is -3.55. The molecule has 0 aromatic heterocycles. The van der Waals surface area contributed by atoms with E-state index in [1.54, 1.807) is 0 Å². The minimum atomic E-state index is -1.18. The summed E-state index contributed by atoms with van der Waals surface area (Å²) in [6, 6.07) is 53.1. The number of carbonyl (C=O) groups excluding carboxylic acids is 3. The molecule has 0 aliphatic carbocycles. The van der Waals surface area contributed by atoms with E-state index in [1.807, 2.05) is 164 Å². The Morgan fingerprint density at radius 3 is 0.692 bits per heavy atom. The van der Waals surface area contributed by atoms with Crippen molar-refractivity contribution in [1.29, 1.82) is 0 Å². The molecular weight excluding hydrogens is 845 g/mol. The van der Waals surface area contributed by atoms with Gasteiger partial charge in [0.2, 0.25) is 0 Å². The number of carboxylic acids is 3. The van der Waals surface area contributed by atoms with Crippen LogP contribution in [-0.2, 0) is 14.4 Å². The van der Waals surface area contributed by atoms with Gasteiger partial charge in [0.05, 0.1) is 17.9 Å². The minimum absolute atomic E-state index is 0. The molecule has 6 aromatic carbocycles. The van der Waals surface area contributed by atoms with Crippen LogP contribution in [0.5, 0.6) is 0 Å². The van der Waals surface area contributed by atoms with E-state index in [0.29, 0.717) is 0 Å². The second-order valence-corrected chi connectivity index (χ2v) is 10.9. The predicted molar refractivity (Wildman–Crippen MR) is 204 cm³/mol. The Morgan fingerprint density at radius 2 is 0.500 bits per heavy atom. The Hall–Kier alpha value is -6.17. The fourth-order valence-electron chi connectivity index (χ4n) is 4.74. The molecule has 0 aliphatic heterocycles. The maximum atomic E-state index is 10.3. The summed E-state index contributed by atoms with van der Waals surface area (Å²) in [5.41, 5.74) is 9.27. The summed E-state index contributed by atoms with van der Waals surface area (Å²) in [6.07, 6.45) is 7.63. The van der Waals surface area contributed by atoms with Crippen molar-refractivity contribution < 1.29 is 29.7 Å². The summed E-state index contributed by atoms with van der Waals surface area (Å²) in [6.45, 7) is 0. The van der Waals surface area contributed by atoms with Crippen LogP contribution in [-0.4, -0.2) is 44.1 Å². The van der Waals surface area contributed by atoms with Crippen molar-refractivity contribution in [3.05, 3.63) is 199 Å². The van der Waals surface area contributed by atoms with Gasteiger partial charge in [-0.1, -0.05) is 182 Å². The molecule has 6 aromatic rings. The van der Waals surface area contributed by atoms with Crippen molar-refractivity contribution in [2.45, 2.75) is 0 Å². The van der Waals surface area contributed by atoms with Crippen LogP contribution in [0.1, 0.15) is 16.7 Å². The largest absolute Gasteiger partial charge is 3.00 e. The zero-order valence-corrected chi connectivity index (χ0v) is 31.4. The molecule has 0 bridgehead atoms. The molecular formula is C45H33BiO6. The number of carbonyl (C=O) groups is 3. The fraction of sp³-hybridized carbons (Fsp3) is 0. The molecule has 52 heavy (non-hydrogen) atoms. The molecule has 0 fully saturated rings. The second kappa shape index (κ2) is 21.8. The van der Waals surface area contributed by atoms with E-state index in [-0.39, 0.29) is 26.2 Å². The van der Waals surface area contributed by atoms with Gasteiger partial charge in [-0.15, -0.1) is 0 Å². The van der Waals surface area contributed by atoms with Crippen molar-refractivity contribution in [3.8, 4) is 33.4 Å². The van der Waals surface area contributed by atoms with Gasteiger partial charge in [-0.2, -0.15) is 0 Å². The summed E-state index contributed by atoms with van der Waals surface area (Å²) >= 11 is 0. The molecule has 0 heterocycles. The predicted octanol–water partition coefficient (Wildman–Crippen LogP) is 5.97. The monoisotopic (exact) mass is 878 g/mol. The zero-order valence-electron chi connectivity index (χ0n) is 27.9. The normalized spacial score (nSPS) is 10.4. The maximum absolute atomic E-state index is 10.3. The van der Waals surface area contributed by atoms with E-state index in [9.17, 15) is 29.7 Å². The summed E-state index contributed by atoms with van der Waals surface area (Å²) in [7, 11) is 0. The first-order valence-electron chi connectivity index (χ1n) is 15.9. The molecule has 2 radical (unpaired) electrons. The topological polar surface area (TPSA) is 120 Å². The van der Waals surface area contributed by atoms with Gasteiger partial charge in [0.1, 0.15) is 0 Å². The van der Waals surface area contributed by atoms with Crippen LogP contribution >= 0.6 is 0 Å². The first-order chi connectivity index (χ1) is 24.8. The summed E-state index contributed by atoms with van der Waals surface area (Å²) in [4.78, 5) is 30.8. The average Bonchev–Trinajstić information content (AvgIpc) is 3.17. The van der Waals surface area contributed by atoms with Crippen LogP contribution in [0.2, 0.25) is 0 Å². The third kappa shape index (κ3) is 14.4. The molecule has 254 valence electrons. The van der Waals surface area contributed by atoms with E-state index in [0.717, 1.165) is 68.3 Å². The SMILES string of the molecule is O=C([O-])/C=C/c1ccc(-c2ccccc2)cc1.O=C([O-])/C=C/c1ccc(-c2ccccc2)cc1.O=C([O-])/C=C/c1ccc(-c2ccccc2)cc1.[Bi+3]. The quantitative estimate of drug-likeness (QED) is 0.131. The molecule has 0 atom stereocenters. The van der Waals surface area contributed by atoms with E-state index in [1.165, 1.54) is 18.2 Å². The number of carboxylic acid groups (broad SMARTS) is 3. The van der Waals surface area contributed by atoms with Crippen LogP contribution in [0.25, 0.3) is 51.6 Å². The van der Waals surface area contributed by atoms with Crippen molar-refractivity contribution in [1.82, 2.24) is 0 Å². The van der Waals surface area contributed by atoms with Crippen LogP contribution in [0, 0.1) is 0 Å².